The summed E-state index contributed by atoms with van der Waals surface area (Å²) in [6.45, 7) is 3.65. The zero-order valence-electron chi connectivity index (χ0n) is 16.2. The van der Waals surface area contributed by atoms with Crippen LogP contribution in [0.3, 0.4) is 0 Å². The number of esters is 1. The van der Waals surface area contributed by atoms with Gasteiger partial charge in [0.1, 0.15) is 6.61 Å². The zero-order chi connectivity index (χ0) is 20.5. The monoisotopic (exact) mass is 392 g/mol. The van der Waals surface area contributed by atoms with Crippen molar-refractivity contribution < 1.29 is 14.6 Å². The number of pyridine rings is 2. The molecule has 7 nitrogen and oxygen atoms in total. The Morgan fingerprint density at radius 1 is 1.21 bits per heavy atom. The highest BCUT2D eigenvalue weighted by molar-refractivity contribution is 5.87. The molecule has 4 heterocycles. The third-order valence-electron chi connectivity index (χ3n) is 6.22. The number of ether oxygens (including phenoxy) is 1. The highest BCUT2D eigenvalue weighted by Gasteiger charge is 2.45. The molecule has 2 N–H and O–H groups in total. The van der Waals surface area contributed by atoms with E-state index in [1.54, 1.807) is 19.1 Å². The van der Waals surface area contributed by atoms with Crippen molar-refractivity contribution in [2.75, 3.05) is 0 Å². The Hall–Kier alpha value is -3.19. The predicted molar refractivity (Wildman–Crippen MR) is 107 cm³/mol. The average molecular weight is 392 g/mol. The van der Waals surface area contributed by atoms with Crippen LogP contribution in [-0.4, -0.2) is 20.6 Å². The summed E-state index contributed by atoms with van der Waals surface area (Å²) >= 11 is 0. The number of aliphatic hydroxyl groups is 1. The van der Waals surface area contributed by atoms with E-state index in [-0.39, 0.29) is 41.7 Å². The van der Waals surface area contributed by atoms with Crippen molar-refractivity contribution in [3.05, 3.63) is 67.1 Å². The van der Waals surface area contributed by atoms with E-state index < -0.39 is 11.6 Å². The van der Waals surface area contributed by atoms with Gasteiger partial charge in [-0.1, -0.05) is 26.0 Å². The lowest BCUT2D eigenvalue weighted by Crippen LogP contribution is -2.44. The fourth-order valence-corrected chi connectivity index (χ4v) is 4.50. The van der Waals surface area contributed by atoms with Gasteiger partial charge in [0.15, 0.2) is 11.0 Å². The van der Waals surface area contributed by atoms with E-state index >= 15 is 0 Å². The summed E-state index contributed by atoms with van der Waals surface area (Å²) in [5.41, 5.74) is 1.56. The van der Waals surface area contributed by atoms with Crippen LogP contribution < -0.4 is 11.0 Å². The van der Waals surface area contributed by atoms with Gasteiger partial charge in [0.05, 0.1) is 29.0 Å². The number of aryl methyl sites for hydroxylation is 1. The molecule has 3 aromatic rings. The quantitative estimate of drug-likeness (QED) is 0.508. The van der Waals surface area contributed by atoms with Crippen LogP contribution in [-0.2, 0) is 34.7 Å². The predicted octanol–water partition coefficient (Wildman–Crippen LogP) is 1.94. The highest BCUT2D eigenvalue weighted by Crippen LogP contribution is 2.37. The van der Waals surface area contributed by atoms with E-state index in [1.807, 2.05) is 19.1 Å². The number of carbonyl (C=O) groups excluding carboxylic acids is 1. The van der Waals surface area contributed by atoms with Crippen molar-refractivity contribution in [3.63, 3.8) is 0 Å². The summed E-state index contributed by atoms with van der Waals surface area (Å²) in [5.74, 6) is -0.754. The number of fused-ring (bicyclic) bond motifs is 5. The van der Waals surface area contributed by atoms with E-state index in [0.29, 0.717) is 22.3 Å². The number of nitrogens with one attached hydrogen (secondary N) is 1. The maximum atomic E-state index is 13.2. The van der Waals surface area contributed by atoms with E-state index in [4.69, 9.17) is 4.74 Å². The van der Waals surface area contributed by atoms with E-state index in [2.05, 4.69) is 4.98 Å². The second-order valence-electron chi connectivity index (χ2n) is 7.60. The van der Waals surface area contributed by atoms with Crippen LogP contribution in [0.15, 0.2) is 33.9 Å². The molecule has 0 aliphatic carbocycles. The van der Waals surface area contributed by atoms with Crippen LogP contribution in [0.4, 0.5) is 0 Å². The lowest BCUT2D eigenvalue weighted by Gasteiger charge is -2.31. The third-order valence-corrected chi connectivity index (χ3v) is 6.22. The second-order valence-corrected chi connectivity index (χ2v) is 7.60. The first-order valence-electron chi connectivity index (χ1n) is 9.74. The largest absolute Gasteiger partial charge is 0.458 e. The molecule has 5 rings (SSSR count). The van der Waals surface area contributed by atoms with Gasteiger partial charge < -0.3 is 19.4 Å². The Labute approximate surface area is 165 Å². The Bertz CT molecular complexity index is 1330. The molecule has 2 aromatic heterocycles. The van der Waals surface area contributed by atoms with Crippen LogP contribution in [0.1, 0.15) is 42.5 Å². The Morgan fingerprint density at radius 3 is 2.72 bits per heavy atom. The van der Waals surface area contributed by atoms with Gasteiger partial charge in [-0.05, 0) is 30.5 Å². The number of carbonyl (C=O) groups is 1. The van der Waals surface area contributed by atoms with Crippen LogP contribution in [0.25, 0.3) is 22.3 Å². The lowest BCUT2D eigenvalue weighted by molar-refractivity contribution is -0.172. The molecule has 0 bridgehead atoms. The second kappa shape index (κ2) is 5.90. The maximum Gasteiger partial charge on any atom is 0.343 e. The van der Waals surface area contributed by atoms with Crippen LogP contribution in [0.2, 0.25) is 0 Å². The number of aromatic amines is 1. The topological polar surface area (TPSA) is 101 Å². The number of hydrogen-bond acceptors (Lipinski definition) is 5. The summed E-state index contributed by atoms with van der Waals surface area (Å²) in [4.78, 5) is 41.9. The van der Waals surface area contributed by atoms with Crippen molar-refractivity contribution in [3.8, 4) is 11.4 Å². The summed E-state index contributed by atoms with van der Waals surface area (Å²) in [6, 6.07) is 7.26. The first kappa shape index (κ1) is 17.9. The summed E-state index contributed by atoms with van der Waals surface area (Å²) in [5, 5.41) is 11.5. The smallest absolute Gasteiger partial charge is 0.343 e. The van der Waals surface area contributed by atoms with Crippen molar-refractivity contribution in [1.29, 1.82) is 0 Å². The van der Waals surface area contributed by atoms with Crippen LogP contribution in [0, 0.1) is 0 Å². The van der Waals surface area contributed by atoms with Crippen molar-refractivity contribution in [1.82, 2.24) is 9.55 Å². The van der Waals surface area contributed by atoms with Gasteiger partial charge in [0.2, 0.25) is 0 Å². The summed E-state index contributed by atoms with van der Waals surface area (Å²) in [7, 11) is 0. The average Bonchev–Trinajstić information content (AvgIpc) is 3.10. The minimum absolute atomic E-state index is 0.0861. The van der Waals surface area contributed by atoms with Crippen molar-refractivity contribution in [2.45, 2.75) is 45.4 Å². The van der Waals surface area contributed by atoms with E-state index in [9.17, 15) is 19.5 Å². The molecule has 0 amide bonds. The standard InChI is InChI=1S/C22H20N2O5/c1-3-11-6-5-7-12-17(11)23-18-13(19(12)25)9-24-16(18)8-15-14(20(24)26)10-29-21(27)22(15,28)4-2/h5-8,28H,3-4,9-10H2,1-2H3,(H,23,25)/t22-/m0/s1. The number of H-pyrrole nitrogens is 1. The van der Waals surface area contributed by atoms with Crippen molar-refractivity contribution >= 4 is 16.9 Å². The molecular formula is C22H20N2O5. The number of benzene rings is 1. The van der Waals surface area contributed by atoms with Crippen LogP contribution >= 0.6 is 0 Å². The Kier molecular flexibility index (Phi) is 3.64. The van der Waals surface area contributed by atoms with Gasteiger partial charge in [-0.2, -0.15) is 0 Å². The van der Waals surface area contributed by atoms with E-state index in [1.165, 1.54) is 4.57 Å². The molecule has 7 heteroatoms. The minimum Gasteiger partial charge on any atom is -0.458 e. The molecular weight excluding hydrogens is 372 g/mol. The summed E-state index contributed by atoms with van der Waals surface area (Å²) in [6.07, 6.45) is 0.841. The fourth-order valence-electron chi connectivity index (χ4n) is 4.50. The third kappa shape index (κ3) is 2.19. The van der Waals surface area contributed by atoms with Crippen molar-refractivity contribution in [2.24, 2.45) is 0 Å². The summed E-state index contributed by atoms with van der Waals surface area (Å²) < 4.78 is 6.59. The highest BCUT2D eigenvalue weighted by atomic mass is 16.6. The van der Waals surface area contributed by atoms with Gasteiger partial charge in [-0.3, -0.25) is 9.59 Å². The van der Waals surface area contributed by atoms with Gasteiger partial charge in [0, 0.05) is 16.5 Å². The van der Waals surface area contributed by atoms with Gasteiger partial charge in [-0.25, -0.2) is 4.79 Å². The molecule has 1 atom stereocenters. The Morgan fingerprint density at radius 2 is 2.00 bits per heavy atom. The molecule has 0 radical (unpaired) electrons. The number of nitrogens with zero attached hydrogens (tertiary/aromatic N) is 1. The van der Waals surface area contributed by atoms with Gasteiger partial charge >= 0.3 is 5.97 Å². The number of hydrogen-bond donors (Lipinski definition) is 2. The normalized spacial score (nSPS) is 19.6. The molecule has 2 aliphatic heterocycles. The molecule has 2 aliphatic rings. The molecule has 29 heavy (non-hydrogen) atoms. The number of rotatable bonds is 2. The molecule has 0 fully saturated rings. The number of aromatic nitrogens is 2. The number of cyclic esters (lactones) is 1. The molecule has 0 saturated heterocycles. The Balaban J connectivity index is 1.86. The lowest BCUT2D eigenvalue weighted by atomic mass is 9.86. The minimum atomic E-state index is -1.86. The number of para-hydroxylation sites is 1. The fraction of sp³-hybridized carbons (Fsp3) is 0.318. The van der Waals surface area contributed by atoms with E-state index in [0.717, 1.165) is 17.5 Å². The molecule has 148 valence electrons. The van der Waals surface area contributed by atoms with Crippen LogP contribution in [0.5, 0.6) is 0 Å². The molecule has 1 aromatic carbocycles. The first-order chi connectivity index (χ1) is 13.9. The maximum absolute atomic E-state index is 13.2. The molecule has 0 spiro atoms. The zero-order valence-corrected chi connectivity index (χ0v) is 16.2. The first-order valence-corrected chi connectivity index (χ1v) is 9.74. The molecule has 0 unspecified atom stereocenters. The SMILES string of the molecule is CCc1cccc2c(=O)c3c([nH]c12)-c1cc2c(c(=O)n1C3)COC(=O)[C@]2(O)CC. The molecule has 0 saturated carbocycles. The van der Waals surface area contributed by atoms with Gasteiger partial charge in [0.25, 0.3) is 5.56 Å². The van der Waals surface area contributed by atoms with Gasteiger partial charge in [-0.15, -0.1) is 0 Å².